The summed E-state index contributed by atoms with van der Waals surface area (Å²) in [7, 11) is 0. The molecule has 14 aromatic rings. The fraction of sp³-hybridized carbons (Fsp3) is 0.0429. The predicted octanol–water partition coefficient (Wildman–Crippen LogP) is 17.7. The van der Waals surface area contributed by atoms with Gasteiger partial charge in [0, 0.05) is 66.0 Å². The molecule has 0 saturated carbocycles. The summed E-state index contributed by atoms with van der Waals surface area (Å²) in [4.78, 5) is 15.8. The standard InChI is InChI=1S/C70H45N5O2/c1-70-39-38-47(42-62(70)77-61-31-16-27-50(64(61)70)43-18-6-2-7-19-43)68-71-67(44-20-8-3-9-21-44)72-69(73-68)54-28-17-30-60-63(54)56-41-46(33-37-59(56)76-60)45-32-36-58-55(40-45)53-35-34-52-51-26-14-15-29-57(51)74(48-22-10-4-11-23-48)65(52)66(53)75(58)49-24-12-5-13-25-49/h2-38,40-42H,39H2,1H3. The summed E-state index contributed by atoms with van der Waals surface area (Å²) < 4.78 is 18.3. The van der Waals surface area contributed by atoms with Crippen LogP contribution in [0.1, 0.15) is 24.7 Å². The van der Waals surface area contributed by atoms with Crippen molar-refractivity contribution in [2.45, 2.75) is 18.8 Å². The quantitative estimate of drug-likeness (QED) is 0.159. The Hall–Kier alpha value is -10.1. The third-order valence-electron chi connectivity index (χ3n) is 16.0. The molecule has 1 unspecified atom stereocenters. The second-order valence-corrected chi connectivity index (χ2v) is 20.5. The summed E-state index contributed by atoms with van der Waals surface area (Å²) >= 11 is 0. The zero-order chi connectivity index (χ0) is 50.8. The van der Waals surface area contributed by atoms with Crippen molar-refractivity contribution >= 4 is 71.1 Å². The van der Waals surface area contributed by atoms with E-state index in [-0.39, 0.29) is 5.41 Å². The first-order valence-corrected chi connectivity index (χ1v) is 26.2. The average Bonchev–Trinajstić information content (AvgIpc) is 4.44. The monoisotopic (exact) mass is 987 g/mol. The van der Waals surface area contributed by atoms with E-state index in [0.717, 1.165) is 84.6 Å². The number of allylic oxidation sites excluding steroid dienone is 4. The molecule has 362 valence electrons. The Morgan fingerprint density at radius 2 is 1.01 bits per heavy atom. The van der Waals surface area contributed by atoms with E-state index in [2.05, 4.69) is 228 Å². The van der Waals surface area contributed by atoms with E-state index in [1.165, 1.54) is 54.8 Å². The van der Waals surface area contributed by atoms with Gasteiger partial charge in [-0.3, -0.25) is 0 Å². The summed E-state index contributed by atoms with van der Waals surface area (Å²) in [6, 6.07) is 81.5. The Bertz CT molecular complexity index is 4800. The topological polar surface area (TPSA) is 70.9 Å². The summed E-state index contributed by atoms with van der Waals surface area (Å²) in [5, 5.41) is 6.73. The Morgan fingerprint density at radius 3 is 1.75 bits per heavy atom. The van der Waals surface area contributed by atoms with Crippen LogP contribution in [0.25, 0.3) is 128 Å². The molecule has 0 amide bonds. The van der Waals surface area contributed by atoms with Crippen LogP contribution in [-0.4, -0.2) is 24.1 Å². The first-order valence-electron chi connectivity index (χ1n) is 26.2. The van der Waals surface area contributed by atoms with Gasteiger partial charge in [0.05, 0.1) is 27.5 Å². The molecular weight excluding hydrogens is 943 g/mol. The molecule has 0 radical (unpaired) electrons. The molecule has 1 atom stereocenters. The summed E-state index contributed by atoms with van der Waals surface area (Å²) in [6.07, 6.45) is 5.11. The van der Waals surface area contributed by atoms with Crippen LogP contribution in [0.5, 0.6) is 5.75 Å². The second-order valence-electron chi connectivity index (χ2n) is 20.5. The number of fused-ring (bicyclic) bond motifs is 13. The fourth-order valence-electron chi connectivity index (χ4n) is 12.4. The van der Waals surface area contributed by atoms with Gasteiger partial charge in [0.2, 0.25) is 0 Å². The SMILES string of the molecule is CC12CC=C(c3nc(-c4ccccc4)nc(-c4cccc5oc6ccc(-c7ccc8c(c7)c7ccc9c%10ccccc%10n(-c%10ccccc%10)c9c7n8-c7ccccc7)cc6c45)n3)C=C1Oc1cccc(-c3ccccc3)c12. The number of ether oxygens (including phenoxy) is 1. The molecule has 77 heavy (non-hydrogen) atoms. The van der Waals surface area contributed by atoms with Crippen LogP contribution in [0.2, 0.25) is 0 Å². The van der Waals surface area contributed by atoms with Crippen molar-refractivity contribution in [1.82, 2.24) is 24.1 Å². The Morgan fingerprint density at radius 1 is 0.429 bits per heavy atom. The van der Waals surface area contributed by atoms with Gasteiger partial charge in [0.1, 0.15) is 22.7 Å². The molecule has 0 spiro atoms. The first-order chi connectivity index (χ1) is 38.0. The second kappa shape index (κ2) is 16.7. The highest BCUT2D eigenvalue weighted by Gasteiger charge is 2.44. The molecule has 4 aromatic heterocycles. The van der Waals surface area contributed by atoms with Crippen LogP contribution >= 0.6 is 0 Å². The molecule has 2 aliphatic rings. The largest absolute Gasteiger partial charge is 0.460 e. The molecule has 10 aromatic carbocycles. The van der Waals surface area contributed by atoms with Crippen molar-refractivity contribution in [3.63, 3.8) is 0 Å². The van der Waals surface area contributed by atoms with E-state index < -0.39 is 0 Å². The molecular formula is C70H45N5O2. The number of hydrogen-bond donors (Lipinski definition) is 0. The third kappa shape index (κ3) is 6.60. The van der Waals surface area contributed by atoms with E-state index in [1.807, 2.05) is 30.3 Å². The van der Waals surface area contributed by atoms with Crippen LogP contribution in [0, 0.1) is 0 Å². The number of benzene rings is 10. The van der Waals surface area contributed by atoms with Gasteiger partial charge in [-0.2, -0.15) is 0 Å². The number of para-hydroxylation sites is 3. The molecule has 0 saturated heterocycles. The molecule has 7 heteroatoms. The lowest BCUT2D eigenvalue weighted by Crippen LogP contribution is -2.24. The van der Waals surface area contributed by atoms with Crippen molar-refractivity contribution in [3.05, 3.63) is 260 Å². The van der Waals surface area contributed by atoms with Gasteiger partial charge < -0.3 is 18.3 Å². The smallest absolute Gasteiger partial charge is 0.164 e. The van der Waals surface area contributed by atoms with Gasteiger partial charge in [0.25, 0.3) is 0 Å². The number of hydrogen-bond acceptors (Lipinski definition) is 5. The molecule has 0 fully saturated rings. The Labute approximate surface area is 442 Å². The van der Waals surface area contributed by atoms with Crippen molar-refractivity contribution in [1.29, 1.82) is 0 Å². The molecule has 0 bridgehead atoms. The normalized spacial score (nSPS) is 15.1. The van der Waals surface area contributed by atoms with Crippen LogP contribution in [0.4, 0.5) is 0 Å². The number of rotatable bonds is 7. The molecule has 7 nitrogen and oxygen atoms in total. The molecule has 16 rings (SSSR count). The Kier molecular flexibility index (Phi) is 9.39. The van der Waals surface area contributed by atoms with Crippen LogP contribution in [0.15, 0.2) is 253 Å². The summed E-state index contributed by atoms with van der Waals surface area (Å²) in [5.41, 5.74) is 16.5. The first kappa shape index (κ1) is 43.3. The van der Waals surface area contributed by atoms with Crippen LogP contribution in [-0.2, 0) is 5.41 Å². The van der Waals surface area contributed by atoms with Crippen LogP contribution < -0.4 is 4.74 Å². The van der Waals surface area contributed by atoms with E-state index in [0.29, 0.717) is 17.5 Å². The van der Waals surface area contributed by atoms with E-state index >= 15 is 0 Å². The molecule has 0 N–H and O–H groups in total. The maximum atomic E-state index is 6.75. The lowest BCUT2D eigenvalue weighted by atomic mass is 9.73. The molecule has 1 aliphatic heterocycles. The van der Waals surface area contributed by atoms with Crippen LogP contribution in [0.3, 0.4) is 0 Å². The average molecular weight is 988 g/mol. The maximum absolute atomic E-state index is 6.75. The van der Waals surface area contributed by atoms with Gasteiger partial charge >= 0.3 is 0 Å². The minimum Gasteiger partial charge on any atom is -0.460 e. The number of aromatic nitrogens is 5. The van der Waals surface area contributed by atoms with E-state index in [1.54, 1.807) is 0 Å². The van der Waals surface area contributed by atoms with E-state index in [9.17, 15) is 0 Å². The van der Waals surface area contributed by atoms with Crippen molar-refractivity contribution in [3.8, 4) is 62.2 Å². The zero-order valence-corrected chi connectivity index (χ0v) is 41.9. The fourth-order valence-corrected chi connectivity index (χ4v) is 12.4. The van der Waals surface area contributed by atoms with Gasteiger partial charge in [0.15, 0.2) is 17.5 Å². The van der Waals surface area contributed by atoms with Crippen molar-refractivity contribution < 1.29 is 9.15 Å². The molecule has 5 heterocycles. The minimum atomic E-state index is -0.359. The maximum Gasteiger partial charge on any atom is 0.164 e. The summed E-state index contributed by atoms with van der Waals surface area (Å²) in [6.45, 7) is 2.28. The predicted molar refractivity (Wildman–Crippen MR) is 313 cm³/mol. The Balaban J connectivity index is 0.851. The minimum absolute atomic E-state index is 0.359. The highest BCUT2D eigenvalue weighted by molar-refractivity contribution is 6.24. The number of furan rings is 1. The van der Waals surface area contributed by atoms with E-state index in [4.69, 9.17) is 24.1 Å². The van der Waals surface area contributed by atoms with Gasteiger partial charge in [-0.05, 0) is 108 Å². The summed E-state index contributed by atoms with van der Waals surface area (Å²) in [5.74, 6) is 3.52. The van der Waals surface area contributed by atoms with Gasteiger partial charge in [-0.25, -0.2) is 15.0 Å². The van der Waals surface area contributed by atoms with Gasteiger partial charge in [-0.1, -0.05) is 170 Å². The number of nitrogens with zero attached hydrogens (tertiary/aromatic N) is 5. The molecule has 1 aliphatic carbocycles. The van der Waals surface area contributed by atoms with Gasteiger partial charge in [-0.15, -0.1) is 0 Å². The van der Waals surface area contributed by atoms with Crippen molar-refractivity contribution in [2.24, 2.45) is 0 Å². The lowest BCUT2D eigenvalue weighted by molar-refractivity contribution is 0.378. The van der Waals surface area contributed by atoms with Crippen molar-refractivity contribution in [2.75, 3.05) is 0 Å². The lowest BCUT2D eigenvalue weighted by Gasteiger charge is -2.28. The third-order valence-corrected chi connectivity index (χ3v) is 16.0. The highest BCUT2D eigenvalue weighted by Crippen LogP contribution is 2.54. The highest BCUT2D eigenvalue weighted by atomic mass is 16.5. The zero-order valence-electron chi connectivity index (χ0n) is 41.9.